The van der Waals surface area contributed by atoms with Crippen LogP contribution in [-0.2, 0) is 0 Å². The first kappa shape index (κ1) is 12.8. The molecule has 0 rings (SSSR count). The molecule has 0 radical (unpaired) electrons. The Bertz CT molecular complexity index is 118. The van der Waals surface area contributed by atoms with E-state index in [-0.39, 0.29) is 0 Å². The van der Waals surface area contributed by atoms with Gasteiger partial charge >= 0.3 is 83.1 Å². The van der Waals surface area contributed by atoms with Crippen molar-refractivity contribution in [3.63, 3.8) is 0 Å². The quantitative estimate of drug-likeness (QED) is 0.647. The monoisotopic (exact) mass is 278 g/mol. The first-order valence-corrected chi connectivity index (χ1v) is 14.0. The fourth-order valence-electron chi connectivity index (χ4n) is 2.13. The topological polar surface area (TPSA) is 0 Å². The van der Waals surface area contributed by atoms with Gasteiger partial charge in [-0.15, -0.1) is 0 Å². The van der Waals surface area contributed by atoms with Crippen LogP contribution in [0.4, 0.5) is 0 Å². The third-order valence-corrected chi connectivity index (χ3v) is 20.7. The molecule has 1 atom stereocenters. The SMILES string of the molecule is CC[CH2][Sn]([CH3])([CH2]C(C)C)[CH](C)C. The Hall–Kier alpha value is 0.799. The van der Waals surface area contributed by atoms with Gasteiger partial charge in [-0.2, -0.15) is 0 Å². The van der Waals surface area contributed by atoms with Gasteiger partial charge in [-0.1, -0.05) is 0 Å². The molecular formula is C11H26Sn. The Morgan fingerprint density at radius 2 is 1.58 bits per heavy atom. The van der Waals surface area contributed by atoms with Crippen LogP contribution >= 0.6 is 0 Å². The van der Waals surface area contributed by atoms with Crippen LogP contribution in [0.25, 0.3) is 0 Å². The van der Waals surface area contributed by atoms with E-state index >= 15 is 0 Å². The van der Waals surface area contributed by atoms with Crippen molar-refractivity contribution in [2.45, 2.75) is 58.8 Å². The summed E-state index contributed by atoms with van der Waals surface area (Å²) in [4.78, 5) is 2.66. The second-order valence-electron chi connectivity index (χ2n) is 5.16. The van der Waals surface area contributed by atoms with Gasteiger partial charge in [-0.3, -0.25) is 0 Å². The molecule has 0 saturated heterocycles. The molecule has 0 heterocycles. The summed E-state index contributed by atoms with van der Waals surface area (Å²) >= 11 is -1.64. The summed E-state index contributed by atoms with van der Waals surface area (Å²) in [5, 5.41) is 0. The Morgan fingerprint density at radius 3 is 1.83 bits per heavy atom. The van der Waals surface area contributed by atoms with Crippen molar-refractivity contribution in [1.29, 1.82) is 0 Å². The Labute approximate surface area is 83.0 Å². The van der Waals surface area contributed by atoms with Crippen LogP contribution in [0.15, 0.2) is 0 Å². The molecule has 0 fully saturated rings. The molecule has 0 amide bonds. The number of hydrogen-bond donors (Lipinski definition) is 0. The van der Waals surface area contributed by atoms with Crippen molar-refractivity contribution in [2.24, 2.45) is 5.92 Å². The summed E-state index contributed by atoms with van der Waals surface area (Å²) in [7, 11) is 0. The molecule has 0 aromatic rings. The van der Waals surface area contributed by atoms with Crippen molar-refractivity contribution in [1.82, 2.24) is 0 Å². The first-order valence-electron chi connectivity index (χ1n) is 5.42. The maximum atomic E-state index is 2.66. The van der Waals surface area contributed by atoms with Crippen LogP contribution in [0.5, 0.6) is 0 Å². The van der Waals surface area contributed by atoms with Crippen LogP contribution in [0.2, 0.25) is 17.7 Å². The molecule has 1 heteroatoms. The molecule has 0 aliphatic rings. The molecule has 0 nitrogen and oxygen atoms in total. The number of hydrogen-bond acceptors (Lipinski definition) is 0. The third kappa shape index (κ3) is 4.15. The summed E-state index contributed by atoms with van der Waals surface area (Å²) in [6.45, 7) is 12.0. The summed E-state index contributed by atoms with van der Waals surface area (Å²) in [5.41, 5.74) is 0. The van der Waals surface area contributed by atoms with Crippen molar-refractivity contribution in [2.75, 3.05) is 0 Å². The third-order valence-electron chi connectivity index (χ3n) is 3.09. The first-order chi connectivity index (χ1) is 5.42. The van der Waals surface area contributed by atoms with Gasteiger partial charge in [0.05, 0.1) is 0 Å². The van der Waals surface area contributed by atoms with E-state index in [1.807, 2.05) is 0 Å². The minimum atomic E-state index is -1.64. The summed E-state index contributed by atoms with van der Waals surface area (Å²) in [6, 6.07) is 0. The van der Waals surface area contributed by atoms with Gasteiger partial charge in [0.25, 0.3) is 0 Å². The van der Waals surface area contributed by atoms with Gasteiger partial charge in [-0.25, -0.2) is 0 Å². The molecule has 0 aliphatic heterocycles. The summed E-state index contributed by atoms with van der Waals surface area (Å²) < 4.78 is 4.20. The van der Waals surface area contributed by atoms with Gasteiger partial charge < -0.3 is 0 Å². The van der Waals surface area contributed by atoms with Gasteiger partial charge in [0.2, 0.25) is 0 Å². The Balaban J connectivity index is 4.18. The molecule has 0 N–H and O–H groups in total. The average molecular weight is 277 g/mol. The molecule has 0 aliphatic carbocycles. The van der Waals surface area contributed by atoms with E-state index in [2.05, 4.69) is 39.6 Å². The minimum absolute atomic E-state index is 0.930. The summed E-state index contributed by atoms with van der Waals surface area (Å²) in [6.07, 6.45) is 1.41. The molecule has 0 saturated carbocycles. The van der Waals surface area contributed by atoms with E-state index in [4.69, 9.17) is 0 Å². The summed E-state index contributed by atoms with van der Waals surface area (Å²) in [5.74, 6) is 0.930. The van der Waals surface area contributed by atoms with Crippen LogP contribution in [0.1, 0.15) is 41.0 Å². The molecule has 1 unspecified atom stereocenters. The van der Waals surface area contributed by atoms with Crippen molar-refractivity contribution < 1.29 is 0 Å². The molecule has 0 aromatic heterocycles. The predicted molar refractivity (Wildman–Crippen MR) is 61.5 cm³/mol. The van der Waals surface area contributed by atoms with E-state index in [1.165, 1.54) is 6.42 Å². The van der Waals surface area contributed by atoms with Crippen LogP contribution < -0.4 is 0 Å². The molecule has 0 bridgehead atoms. The van der Waals surface area contributed by atoms with E-state index in [0.717, 1.165) is 9.85 Å². The van der Waals surface area contributed by atoms with Crippen molar-refractivity contribution >= 4 is 18.4 Å². The second-order valence-corrected chi connectivity index (χ2v) is 20.5. The molecular weight excluding hydrogens is 251 g/mol. The van der Waals surface area contributed by atoms with E-state index in [1.54, 1.807) is 8.87 Å². The molecule has 0 aromatic carbocycles. The molecule has 12 heavy (non-hydrogen) atoms. The van der Waals surface area contributed by atoms with E-state index in [9.17, 15) is 0 Å². The second kappa shape index (κ2) is 5.51. The zero-order valence-corrected chi connectivity index (χ0v) is 12.6. The zero-order chi connectivity index (χ0) is 9.78. The molecule has 74 valence electrons. The van der Waals surface area contributed by atoms with E-state index < -0.39 is 18.4 Å². The number of rotatable bonds is 5. The average Bonchev–Trinajstić information content (AvgIpc) is 1.85. The van der Waals surface area contributed by atoms with Crippen LogP contribution in [0.3, 0.4) is 0 Å². The van der Waals surface area contributed by atoms with E-state index in [0.29, 0.717) is 0 Å². The van der Waals surface area contributed by atoms with Gasteiger partial charge in [0, 0.05) is 0 Å². The predicted octanol–water partition coefficient (Wildman–Crippen LogP) is 4.54. The fraction of sp³-hybridized carbons (Fsp3) is 1.00. The normalized spacial score (nSPS) is 17.0. The van der Waals surface area contributed by atoms with Gasteiger partial charge in [0.1, 0.15) is 0 Å². The molecule has 0 spiro atoms. The Kier molecular flexibility index (Phi) is 5.88. The van der Waals surface area contributed by atoms with Crippen LogP contribution in [0, 0.1) is 5.92 Å². The van der Waals surface area contributed by atoms with Crippen molar-refractivity contribution in [3.8, 4) is 0 Å². The Morgan fingerprint density at radius 1 is 1.08 bits per heavy atom. The van der Waals surface area contributed by atoms with Crippen molar-refractivity contribution in [3.05, 3.63) is 0 Å². The zero-order valence-electron chi connectivity index (χ0n) is 9.78. The van der Waals surface area contributed by atoms with Gasteiger partial charge in [0.15, 0.2) is 0 Å². The van der Waals surface area contributed by atoms with Gasteiger partial charge in [-0.05, 0) is 0 Å². The maximum absolute atomic E-state index is 2.66. The standard InChI is InChI=1S/C4H9.2C3H7.CH3.Sn/c1-4(2)3;2*1-3-2;;/h4H,1H2,2-3H3;3H,1-2H3;1,3H2,2H3;1H3;. The fourth-order valence-corrected chi connectivity index (χ4v) is 14.3. The van der Waals surface area contributed by atoms with Crippen LogP contribution in [-0.4, -0.2) is 18.4 Å².